The van der Waals surface area contributed by atoms with E-state index in [1.165, 1.54) is 0 Å². The predicted molar refractivity (Wildman–Crippen MR) is 46.6 cm³/mol. The third-order valence-corrected chi connectivity index (χ3v) is 2.16. The van der Waals surface area contributed by atoms with E-state index in [9.17, 15) is 26.3 Å². The van der Waals surface area contributed by atoms with Crippen LogP contribution < -0.4 is 0 Å². The number of allylic oxidation sites excluding steroid dienone is 6. The summed E-state index contributed by atoms with van der Waals surface area (Å²) in [6.45, 7) is 1.15. The van der Waals surface area contributed by atoms with E-state index >= 15 is 0 Å². The van der Waals surface area contributed by atoms with Gasteiger partial charge in [0.1, 0.15) is 0 Å². The van der Waals surface area contributed by atoms with Gasteiger partial charge in [-0.05, 0) is 6.92 Å². The number of hydrogen-bond donors (Lipinski definition) is 0. The SMILES string of the molecule is CC1=CC=C(C(F)(F)F)C=CC1C(F)(F)F. The van der Waals surface area contributed by atoms with Crippen LogP contribution in [0.2, 0.25) is 0 Å². The smallest absolute Gasteiger partial charge is 0.170 e. The molecular weight excluding hydrogens is 234 g/mol. The minimum Gasteiger partial charge on any atom is -0.170 e. The van der Waals surface area contributed by atoms with Gasteiger partial charge in [-0.15, -0.1) is 0 Å². The van der Waals surface area contributed by atoms with Crippen LogP contribution in [0.4, 0.5) is 26.3 Å². The van der Waals surface area contributed by atoms with E-state index in [-0.39, 0.29) is 5.57 Å². The summed E-state index contributed by atoms with van der Waals surface area (Å²) < 4.78 is 73.9. The van der Waals surface area contributed by atoms with Crippen molar-refractivity contribution in [1.82, 2.24) is 0 Å². The van der Waals surface area contributed by atoms with Crippen molar-refractivity contribution in [1.29, 1.82) is 0 Å². The number of hydrogen-bond acceptors (Lipinski definition) is 0. The van der Waals surface area contributed by atoms with Crippen LogP contribution in [-0.2, 0) is 0 Å². The zero-order valence-corrected chi connectivity index (χ0v) is 8.15. The molecule has 0 bridgehead atoms. The molecule has 0 saturated heterocycles. The van der Waals surface area contributed by atoms with Gasteiger partial charge in [-0.1, -0.05) is 29.9 Å². The minimum atomic E-state index is -4.63. The monoisotopic (exact) mass is 242 g/mol. The maximum atomic E-state index is 12.4. The average Bonchev–Trinajstić information content (AvgIpc) is 2.23. The molecule has 1 unspecified atom stereocenters. The third-order valence-electron chi connectivity index (χ3n) is 2.16. The molecule has 0 amide bonds. The fourth-order valence-electron chi connectivity index (χ4n) is 1.29. The van der Waals surface area contributed by atoms with Gasteiger partial charge >= 0.3 is 12.4 Å². The number of alkyl halides is 6. The van der Waals surface area contributed by atoms with Crippen LogP contribution in [0.5, 0.6) is 0 Å². The average molecular weight is 242 g/mol. The second kappa shape index (κ2) is 3.99. The second-order valence-corrected chi connectivity index (χ2v) is 3.41. The molecule has 1 atom stereocenters. The summed E-state index contributed by atoms with van der Waals surface area (Å²) in [4.78, 5) is 0. The van der Waals surface area contributed by atoms with Crippen molar-refractivity contribution < 1.29 is 26.3 Å². The topological polar surface area (TPSA) is 0 Å². The van der Waals surface area contributed by atoms with E-state index in [0.29, 0.717) is 18.2 Å². The summed E-state index contributed by atoms with van der Waals surface area (Å²) in [7, 11) is 0. The van der Waals surface area contributed by atoms with E-state index < -0.39 is 23.8 Å². The van der Waals surface area contributed by atoms with Gasteiger partial charge in [-0.25, -0.2) is 0 Å². The van der Waals surface area contributed by atoms with E-state index in [2.05, 4.69) is 0 Å². The van der Waals surface area contributed by atoms with Crippen LogP contribution in [0, 0.1) is 5.92 Å². The zero-order valence-electron chi connectivity index (χ0n) is 8.15. The summed E-state index contributed by atoms with van der Waals surface area (Å²) in [5, 5.41) is 0. The van der Waals surface area contributed by atoms with E-state index in [1.54, 1.807) is 0 Å². The molecule has 0 saturated carbocycles. The van der Waals surface area contributed by atoms with Crippen LogP contribution in [0.1, 0.15) is 6.92 Å². The molecule has 0 fully saturated rings. The lowest BCUT2D eigenvalue weighted by atomic mass is 10.00. The van der Waals surface area contributed by atoms with Crippen molar-refractivity contribution in [2.24, 2.45) is 5.92 Å². The predicted octanol–water partition coefficient (Wildman–Crippen LogP) is 4.17. The molecule has 16 heavy (non-hydrogen) atoms. The quantitative estimate of drug-likeness (QED) is 0.559. The Morgan fingerprint density at radius 3 is 2.00 bits per heavy atom. The fraction of sp³-hybridized carbons (Fsp3) is 0.400. The molecule has 6 heteroatoms. The first-order valence-corrected chi connectivity index (χ1v) is 4.33. The lowest BCUT2D eigenvalue weighted by Gasteiger charge is -2.16. The molecule has 0 aromatic rings. The highest BCUT2D eigenvalue weighted by molar-refractivity contribution is 5.35. The highest BCUT2D eigenvalue weighted by atomic mass is 19.4. The summed E-state index contributed by atoms with van der Waals surface area (Å²) in [6, 6.07) is 0. The standard InChI is InChI=1S/C10H8F6/c1-6-2-3-7(9(11,12)13)4-5-8(6)10(14,15)16/h2-5,8H,1H3. The normalized spacial score (nSPS) is 22.6. The Hall–Kier alpha value is -1.20. The van der Waals surface area contributed by atoms with Gasteiger partial charge in [-0.2, -0.15) is 26.3 Å². The maximum absolute atomic E-state index is 12.4. The summed E-state index contributed by atoms with van der Waals surface area (Å²) >= 11 is 0. The Kier molecular flexibility index (Phi) is 3.21. The van der Waals surface area contributed by atoms with Gasteiger partial charge in [0.05, 0.1) is 11.5 Å². The highest BCUT2D eigenvalue weighted by Crippen LogP contribution is 2.36. The maximum Gasteiger partial charge on any atom is 0.416 e. The van der Waals surface area contributed by atoms with Crippen LogP contribution in [-0.4, -0.2) is 12.4 Å². The van der Waals surface area contributed by atoms with Crippen LogP contribution in [0.15, 0.2) is 35.5 Å². The Balaban J connectivity index is 3.07. The van der Waals surface area contributed by atoms with Crippen molar-refractivity contribution in [2.45, 2.75) is 19.3 Å². The van der Waals surface area contributed by atoms with Crippen LogP contribution in [0.25, 0.3) is 0 Å². The van der Waals surface area contributed by atoms with Gasteiger partial charge in [-0.3, -0.25) is 0 Å². The van der Waals surface area contributed by atoms with E-state index in [1.807, 2.05) is 0 Å². The van der Waals surface area contributed by atoms with Gasteiger partial charge < -0.3 is 0 Å². The molecule has 0 spiro atoms. The van der Waals surface area contributed by atoms with Crippen molar-refractivity contribution in [3.8, 4) is 0 Å². The molecule has 0 aromatic carbocycles. The molecule has 1 aliphatic rings. The largest absolute Gasteiger partial charge is 0.416 e. The van der Waals surface area contributed by atoms with E-state index in [0.717, 1.165) is 13.0 Å². The van der Waals surface area contributed by atoms with Crippen molar-refractivity contribution in [2.75, 3.05) is 0 Å². The Morgan fingerprint density at radius 1 is 1.00 bits per heavy atom. The Labute approximate surface area is 87.9 Å². The molecule has 0 nitrogen and oxygen atoms in total. The number of rotatable bonds is 0. The molecule has 0 heterocycles. The lowest BCUT2D eigenvalue weighted by molar-refractivity contribution is -0.151. The molecule has 0 aromatic heterocycles. The lowest BCUT2D eigenvalue weighted by Crippen LogP contribution is -2.21. The van der Waals surface area contributed by atoms with Crippen molar-refractivity contribution in [3.63, 3.8) is 0 Å². The Bertz CT molecular complexity index is 352. The third kappa shape index (κ3) is 2.90. The molecule has 0 N–H and O–H groups in total. The first-order chi connectivity index (χ1) is 7.12. The van der Waals surface area contributed by atoms with Crippen molar-refractivity contribution >= 4 is 0 Å². The Morgan fingerprint density at radius 2 is 1.56 bits per heavy atom. The number of halogens is 6. The highest BCUT2D eigenvalue weighted by Gasteiger charge is 2.40. The first-order valence-electron chi connectivity index (χ1n) is 4.33. The van der Waals surface area contributed by atoms with E-state index in [4.69, 9.17) is 0 Å². The summed E-state index contributed by atoms with van der Waals surface area (Å²) in [5.41, 5.74) is -1.25. The van der Waals surface area contributed by atoms with Crippen LogP contribution >= 0.6 is 0 Å². The van der Waals surface area contributed by atoms with Crippen molar-refractivity contribution in [3.05, 3.63) is 35.5 Å². The van der Waals surface area contributed by atoms with Crippen LogP contribution in [0.3, 0.4) is 0 Å². The molecule has 90 valence electrons. The van der Waals surface area contributed by atoms with Gasteiger partial charge in [0, 0.05) is 0 Å². The summed E-state index contributed by atoms with van der Waals surface area (Å²) in [5.74, 6) is -1.96. The van der Waals surface area contributed by atoms with Gasteiger partial charge in [0.15, 0.2) is 0 Å². The fourth-order valence-corrected chi connectivity index (χ4v) is 1.29. The zero-order chi connectivity index (χ0) is 12.6. The second-order valence-electron chi connectivity index (χ2n) is 3.41. The summed E-state index contributed by atoms with van der Waals surface area (Å²) in [6.07, 6.45) is -6.71. The molecule has 0 aliphatic heterocycles. The molecule has 1 rings (SSSR count). The van der Waals surface area contributed by atoms with Gasteiger partial charge in [0.2, 0.25) is 0 Å². The molecular formula is C10H8F6. The molecule has 1 aliphatic carbocycles. The van der Waals surface area contributed by atoms with Gasteiger partial charge in [0.25, 0.3) is 0 Å². The minimum absolute atomic E-state index is 0.164. The first kappa shape index (κ1) is 12.9. The molecule has 0 radical (unpaired) electrons.